The second-order valence-electron chi connectivity index (χ2n) is 7.25. The van der Waals surface area contributed by atoms with E-state index in [0.717, 1.165) is 11.1 Å². The highest BCUT2D eigenvalue weighted by Crippen LogP contribution is 2.18. The Balaban J connectivity index is 1.67. The molecule has 2 aromatic carbocycles. The molecule has 156 valence electrons. The van der Waals surface area contributed by atoms with Gasteiger partial charge in [0.2, 0.25) is 11.9 Å². The Kier molecular flexibility index (Phi) is 6.17. The first kappa shape index (κ1) is 21.4. The maximum absolute atomic E-state index is 12.6. The van der Waals surface area contributed by atoms with Crippen LogP contribution in [0.5, 0.6) is 0 Å². The van der Waals surface area contributed by atoms with E-state index in [0.29, 0.717) is 17.1 Å². The number of carbonyl (C=O) groups excluding carboxylic acids is 1. The molecule has 0 fully saturated rings. The standard InChI is InChI=1S/C22H24N4O3S/c1-14-5-6-18(11-15(14)2)13-21(27)25-19-7-9-20(10-8-19)30(28,29)26-22-23-16(3)12-17(4)24-22/h5-12H,13H2,1-4H3,(H,25,27)(H,23,24,26). The van der Waals surface area contributed by atoms with Crippen LogP contribution in [0, 0.1) is 27.7 Å². The number of hydrogen-bond acceptors (Lipinski definition) is 5. The van der Waals surface area contributed by atoms with Crippen molar-refractivity contribution in [3.8, 4) is 0 Å². The van der Waals surface area contributed by atoms with Gasteiger partial charge in [0.1, 0.15) is 0 Å². The van der Waals surface area contributed by atoms with Gasteiger partial charge in [-0.3, -0.25) is 4.79 Å². The molecule has 0 radical (unpaired) electrons. The lowest BCUT2D eigenvalue weighted by atomic mass is 10.0. The summed E-state index contributed by atoms with van der Waals surface area (Å²) in [6, 6.07) is 13.6. The number of nitrogens with one attached hydrogen (secondary N) is 2. The molecule has 0 atom stereocenters. The molecule has 1 aromatic heterocycles. The predicted octanol–water partition coefficient (Wildman–Crippen LogP) is 3.69. The zero-order chi connectivity index (χ0) is 21.9. The number of rotatable bonds is 6. The molecule has 0 bridgehead atoms. The summed E-state index contributed by atoms with van der Waals surface area (Å²) in [4.78, 5) is 20.5. The van der Waals surface area contributed by atoms with Gasteiger partial charge < -0.3 is 5.32 Å². The summed E-state index contributed by atoms with van der Waals surface area (Å²) >= 11 is 0. The molecule has 0 saturated heterocycles. The average molecular weight is 425 g/mol. The van der Waals surface area contributed by atoms with Gasteiger partial charge in [0.15, 0.2) is 0 Å². The summed E-state index contributed by atoms with van der Waals surface area (Å²) in [5.41, 5.74) is 5.09. The molecule has 30 heavy (non-hydrogen) atoms. The van der Waals surface area contributed by atoms with E-state index in [-0.39, 0.29) is 23.2 Å². The van der Waals surface area contributed by atoms with Gasteiger partial charge in [0, 0.05) is 17.1 Å². The average Bonchev–Trinajstić information content (AvgIpc) is 2.64. The number of benzene rings is 2. The lowest BCUT2D eigenvalue weighted by Crippen LogP contribution is -2.16. The van der Waals surface area contributed by atoms with Crippen molar-refractivity contribution in [2.24, 2.45) is 0 Å². The van der Waals surface area contributed by atoms with Crippen LogP contribution in [0.3, 0.4) is 0 Å². The Morgan fingerprint density at radius 1 is 0.867 bits per heavy atom. The van der Waals surface area contributed by atoms with E-state index < -0.39 is 10.0 Å². The van der Waals surface area contributed by atoms with Crippen molar-refractivity contribution in [2.45, 2.75) is 39.0 Å². The topological polar surface area (TPSA) is 101 Å². The van der Waals surface area contributed by atoms with Crippen molar-refractivity contribution in [1.82, 2.24) is 9.97 Å². The second-order valence-corrected chi connectivity index (χ2v) is 8.93. The number of nitrogens with zero attached hydrogens (tertiary/aromatic N) is 2. The first-order valence-electron chi connectivity index (χ1n) is 9.43. The Bertz CT molecular complexity index is 1170. The molecular formula is C22H24N4O3S. The Hall–Kier alpha value is -3.26. The zero-order valence-electron chi connectivity index (χ0n) is 17.4. The molecule has 2 N–H and O–H groups in total. The van der Waals surface area contributed by atoms with Crippen molar-refractivity contribution < 1.29 is 13.2 Å². The number of aromatic nitrogens is 2. The van der Waals surface area contributed by atoms with Crippen molar-refractivity contribution >= 4 is 27.6 Å². The van der Waals surface area contributed by atoms with Gasteiger partial charge in [-0.1, -0.05) is 18.2 Å². The third kappa shape index (κ3) is 5.42. The fourth-order valence-corrected chi connectivity index (χ4v) is 3.92. The molecule has 0 spiro atoms. The summed E-state index contributed by atoms with van der Waals surface area (Å²) in [5.74, 6) is -0.145. The highest BCUT2D eigenvalue weighted by atomic mass is 32.2. The van der Waals surface area contributed by atoms with E-state index in [2.05, 4.69) is 20.0 Å². The van der Waals surface area contributed by atoms with Crippen molar-refractivity contribution in [3.63, 3.8) is 0 Å². The normalized spacial score (nSPS) is 11.2. The van der Waals surface area contributed by atoms with E-state index in [9.17, 15) is 13.2 Å². The molecule has 3 aromatic rings. The Morgan fingerprint density at radius 3 is 2.10 bits per heavy atom. The fraction of sp³-hybridized carbons (Fsp3) is 0.227. The molecule has 0 unspecified atom stereocenters. The van der Waals surface area contributed by atoms with Gasteiger partial charge in [-0.15, -0.1) is 0 Å². The first-order valence-corrected chi connectivity index (χ1v) is 10.9. The summed E-state index contributed by atoms with van der Waals surface area (Å²) in [6.07, 6.45) is 0.243. The van der Waals surface area contributed by atoms with E-state index >= 15 is 0 Å². The fourth-order valence-electron chi connectivity index (χ4n) is 2.97. The van der Waals surface area contributed by atoms with Crippen LogP contribution in [0.25, 0.3) is 0 Å². The minimum absolute atomic E-state index is 0.0262. The van der Waals surface area contributed by atoms with Gasteiger partial charge in [-0.25, -0.2) is 23.1 Å². The largest absolute Gasteiger partial charge is 0.326 e. The van der Waals surface area contributed by atoms with Crippen LogP contribution in [0.2, 0.25) is 0 Å². The molecule has 0 saturated carbocycles. The number of anilines is 2. The SMILES string of the molecule is Cc1cc(C)nc(NS(=O)(=O)c2ccc(NC(=O)Cc3ccc(C)c(C)c3)cc2)n1. The number of sulfonamides is 1. The molecule has 8 heteroatoms. The van der Waals surface area contributed by atoms with Crippen molar-refractivity contribution in [1.29, 1.82) is 0 Å². The molecule has 0 aliphatic rings. The van der Waals surface area contributed by atoms with Gasteiger partial charge in [0.05, 0.1) is 11.3 Å². The quantitative estimate of drug-likeness (QED) is 0.628. The van der Waals surface area contributed by atoms with Crippen LogP contribution in [0.4, 0.5) is 11.6 Å². The maximum Gasteiger partial charge on any atom is 0.264 e. The van der Waals surface area contributed by atoms with Gasteiger partial charge in [0.25, 0.3) is 10.0 Å². The van der Waals surface area contributed by atoms with Gasteiger partial charge >= 0.3 is 0 Å². The highest BCUT2D eigenvalue weighted by molar-refractivity contribution is 7.92. The molecule has 7 nitrogen and oxygen atoms in total. The lowest BCUT2D eigenvalue weighted by Gasteiger charge is -2.10. The predicted molar refractivity (Wildman–Crippen MR) is 117 cm³/mol. The smallest absolute Gasteiger partial charge is 0.264 e. The van der Waals surface area contributed by atoms with Crippen LogP contribution in [-0.4, -0.2) is 24.3 Å². The highest BCUT2D eigenvalue weighted by Gasteiger charge is 2.16. The minimum atomic E-state index is -3.84. The van der Waals surface area contributed by atoms with Crippen LogP contribution < -0.4 is 10.0 Å². The van der Waals surface area contributed by atoms with Crippen molar-refractivity contribution in [3.05, 3.63) is 76.6 Å². The lowest BCUT2D eigenvalue weighted by molar-refractivity contribution is -0.115. The van der Waals surface area contributed by atoms with Gasteiger partial charge in [-0.2, -0.15) is 0 Å². The molecular weight excluding hydrogens is 400 g/mol. The van der Waals surface area contributed by atoms with Crippen LogP contribution in [0.15, 0.2) is 53.4 Å². The number of hydrogen-bond donors (Lipinski definition) is 2. The number of carbonyl (C=O) groups is 1. The summed E-state index contributed by atoms with van der Waals surface area (Å²) in [7, 11) is -3.84. The zero-order valence-corrected chi connectivity index (χ0v) is 18.2. The van der Waals surface area contributed by atoms with E-state index in [1.54, 1.807) is 32.0 Å². The summed E-state index contributed by atoms with van der Waals surface area (Å²) in [5, 5.41) is 2.79. The molecule has 0 aliphatic carbocycles. The second kappa shape index (κ2) is 8.62. The van der Waals surface area contributed by atoms with Crippen LogP contribution in [0.1, 0.15) is 28.1 Å². The molecule has 1 heterocycles. The van der Waals surface area contributed by atoms with E-state index in [1.807, 2.05) is 32.0 Å². The van der Waals surface area contributed by atoms with E-state index in [1.165, 1.54) is 17.7 Å². The monoisotopic (exact) mass is 424 g/mol. The van der Waals surface area contributed by atoms with Crippen LogP contribution in [-0.2, 0) is 21.2 Å². The third-order valence-corrected chi connectivity index (χ3v) is 5.94. The van der Waals surface area contributed by atoms with Crippen LogP contribution >= 0.6 is 0 Å². The Morgan fingerprint density at radius 2 is 1.50 bits per heavy atom. The van der Waals surface area contributed by atoms with Gasteiger partial charge in [-0.05, 0) is 74.7 Å². The summed E-state index contributed by atoms with van der Waals surface area (Å²) in [6.45, 7) is 7.56. The maximum atomic E-state index is 12.6. The summed E-state index contributed by atoms with van der Waals surface area (Å²) < 4.78 is 27.5. The number of aryl methyl sites for hydroxylation is 4. The Labute approximate surface area is 176 Å². The molecule has 1 amide bonds. The van der Waals surface area contributed by atoms with E-state index in [4.69, 9.17) is 0 Å². The minimum Gasteiger partial charge on any atom is -0.326 e. The van der Waals surface area contributed by atoms with Crippen molar-refractivity contribution in [2.75, 3.05) is 10.0 Å². The number of amides is 1. The molecule has 0 aliphatic heterocycles. The third-order valence-electron chi connectivity index (χ3n) is 4.59. The first-order chi connectivity index (χ1) is 14.1. The molecule has 3 rings (SSSR count).